The van der Waals surface area contributed by atoms with Crippen molar-refractivity contribution in [2.24, 2.45) is 23.7 Å². The molecule has 7 atom stereocenters. The SMILES string of the molecule is COc1cc2c(cc1O)C1=C3C=C[C@@H]4C[C@H]3[C@@H](C[C@H]4CCO)[C@H]2CC(=O)C[C@@H]([C@H](O)Cc2ccc(O)c(OCCO)c2)OC(=O)CC#CCc2c1[nH]c1ccccc21. The van der Waals surface area contributed by atoms with Gasteiger partial charge < -0.3 is 44.7 Å². The number of cyclic esters (lactones) is 1. The van der Waals surface area contributed by atoms with Crippen molar-refractivity contribution in [2.45, 2.75) is 69.5 Å². The standard InChI is InChI=1S/C47H49NO10/c1-56-42-25-36-35-22-29(51)23-44(40(53)18-26-10-13-39(52)43(19-26)57-17-16-50)58-45(55)9-5-3-7-32-30-6-2-4-8-38(30)48-47(32)46(37(36)24-41(42)54)31-12-11-27-20-33(31)34(35)21-28(27)14-15-49/h2,4,6,8,10-13,19,24-25,27-28,33-35,40,44,48-50,52-54H,7,9,14-18,20-23H2,1H3/t27-,28-,33-,34-,35-,40-,44+/m1/s1. The van der Waals surface area contributed by atoms with Crippen molar-refractivity contribution in [2.75, 3.05) is 26.9 Å². The Morgan fingerprint density at radius 2 is 1.76 bits per heavy atom. The van der Waals surface area contributed by atoms with Crippen LogP contribution < -0.4 is 9.47 Å². The largest absolute Gasteiger partial charge is 0.504 e. The number of nitrogens with one attached hydrogen (secondary N) is 1. The van der Waals surface area contributed by atoms with Crippen LogP contribution in [0, 0.1) is 35.5 Å². The molecule has 6 N–H and O–H groups in total. The van der Waals surface area contributed by atoms with E-state index in [0.717, 1.165) is 57.3 Å². The lowest BCUT2D eigenvalue weighted by Crippen LogP contribution is -2.38. The summed E-state index contributed by atoms with van der Waals surface area (Å²) in [6, 6.07) is 16.2. The van der Waals surface area contributed by atoms with Gasteiger partial charge in [-0.05, 0) is 107 Å². The summed E-state index contributed by atoms with van der Waals surface area (Å²) in [6.45, 7) is -0.231. The van der Waals surface area contributed by atoms with Gasteiger partial charge in [0.15, 0.2) is 23.0 Å². The van der Waals surface area contributed by atoms with Crippen LogP contribution in [0.3, 0.4) is 0 Å². The third-order valence-electron chi connectivity index (χ3n) is 12.6. The molecule has 1 aromatic heterocycles. The minimum absolute atomic E-state index is 0.0172. The predicted octanol–water partition coefficient (Wildman–Crippen LogP) is 5.88. The fraction of sp³-hybridized carbons (Fsp3) is 0.404. The summed E-state index contributed by atoms with van der Waals surface area (Å²) in [5.74, 6) is 5.73. The first-order valence-corrected chi connectivity index (χ1v) is 20.1. The average molecular weight is 788 g/mol. The van der Waals surface area contributed by atoms with Crippen LogP contribution in [-0.4, -0.2) is 81.4 Å². The van der Waals surface area contributed by atoms with E-state index >= 15 is 0 Å². The van der Waals surface area contributed by atoms with Crippen LogP contribution in [0.2, 0.25) is 0 Å². The van der Waals surface area contributed by atoms with Gasteiger partial charge in [-0.3, -0.25) is 9.59 Å². The van der Waals surface area contributed by atoms with Gasteiger partial charge in [-0.25, -0.2) is 0 Å². The minimum Gasteiger partial charge on any atom is -0.504 e. The van der Waals surface area contributed by atoms with E-state index < -0.39 is 18.2 Å². The molecule has 4 aliphatic rings. The molecule has 3 aliphatic carbocycles. The zero-order valence-electron chi connectivity index (χ0n) is 32.4. The van der Waals surface area contributed by atoms with Crippen LogP contribution in [0.1, 0.15) is 72.4 Å². The van der Waals surface area contributed by atoms with Gasteiger partial charge in [0.1, 0.15) is 24.9 Å². The monoisotopic (exact) mass is 787 g/mol. The maximum absolute atomic E-state index is 14.6. The number of ether oxygens (including phenoxy) is 3. The van der Waals surface area contributed by atoms with Crippen molar-refractivity contribution >= 4 is 28.2 Å². The molecule has 0 spiro atoms. The molecular weight excluding hydrogens is 739 g/mol. The molecular formula is C47H49NO10. The first-order valence-electron chi connectivity index (χ1n) is 20.1. The van der Waals surface area contributed by atoms with Crippen molar-refractivity contribution in [1.82, 2.24) is 4.98 Å². The lowest BCUT2D eigenvalue weighted by molar-refractivity contribution is -0.155. The Kier molecular flexibility index (Phi) is 11.3. The Morgan fingerprint density at radius 1 is 0.931 bits per heavy atom. The van der Waals surface area contributed by atoms with E-state index in [9.17, 15) is 35.1 Å². The molecule has 0 amide bonds. The lowest BCUT2D eigenvalue weighted by Gasteiger charge is -2.46. The van der Waals surface area contributed by atoms with Crippen LogP contribution >= 0.6 is 0 Å². The van der Waals surface area contributed by atoms with Gasteiger partial charge >= 0.3 is 5.97 Å². The molecule has 4 aromatic rings. The van der Waals surface area contributed by atoms with E-state index in [2.05, 4.69) is 29.0 Å². The first kappa shape index (κ1) is 39.3. The molecule has 0 unspecified atom stereocenters. The Hall–Kier alpha value is -5.54. The number of phenolic OH excluding ortho intramolecular Hbond substituents is 2. The van der Waals surface area contributed by atoms with Crippen LogP contribution in [0.25, 0.3) is 16.5 Å². The summed E-state index contributed by atoms with van der Waals surface area (Å²) in [6.07, 6.45) is 4.10. The Labute approximate surface area is 337 Å². The highest BCUT2D eigenvalue weighted by molar-refractivity contribution is 5.96. The summed E-state index contributed by atoms with van der Waals surface area (Å²) in [5, 5.41) is 53.7. The number of fused-ring (bicyclic) bond motifs is 6. The second-order valence-corrected chi connectivity index (χ2v) is 15.9. The van der Waals surface area contributed by atoms with Gasteiger partial charge in [0, 0.05) is 48.8 Å². The van der Waals surface area contributed by atoms with Crippen molar-refractivity contribution in [1.29, 1.82) is 0 Å². The number of aliphatic hydroxyl groups excluding tert-OH is 3. The van der Waals surface area contributed by atoms with Crippen molar-refractivity contribution in [3.05, 3.63) is 100 Å². The summed E-state index contributed by atoms with van der Waals surface area (Å²) >= 11 is 0. The number of methoxy groups -OCH3 is 1. The third kappa shape index (κ3) is 7.60. The Bertz CT molecular complexity index is 2350. The molecule has 11 nitrogen and oxygen atoms in total. The summed E-state index contributed by atoms with van der Waals surface area (Å²) in [7, 11) is 1.51. The lowest BCUT2D eigenvalue weighted by atomic mass is 9.58. The summed E-state index contributed by atoms with van der Waals surface area (Å²) < 4.78 is 17.0. The number of phenols is 2. The number of hydrogen-bond donors (Lipinski definition) is 6. The number of Topliss-reactive ketones (excluding diaryl/α,β-unsaturated/α-hetero) is 1. The number of hydrogen-bond acceptors (Lipinski definition) is 10. The number of aliphatic hydroxyl groups is 3. The predicted molar refractivity (Wildman–Crippen MR) is 216 cm³/mol. The second-order valence-electron chi connectivity index (χ2n) is 15.9. The molecule has 0 saturated heterocycles. The normalized spacial score (nSPS) is 24.6. The number of rotatable bonds is 9. The van der Waals surface area contributed by atoms with Gasteiger partial charge in [0.05, 0.1) is 25.5 Å². The molecule has 302 valence electrons. The number of H-pyrrole nitrogens is 1. The van der Waals surface area contributed by atoms with Crippen molar-refractivity contribution < 1.29 is 49.3 Å². The number of carbonyl (C=O) groups excluding carboxylic acids is 2. The fourth-order valence-corrected chi connectivity index (χ4v) is 9.93. The number of aromatic nitrogens is 1. The van der Waals surface area contributed by atoms with E-state index in [1.54, 1.807) is 18.2 Å². The highest BCUT2D eigenvalue weighted by atomic mass is 16.6. The van der Waals surface area contributed by atoms with E-state index in [4.69, 9.17) is 14.2 Å². The van der Waals surface area contributed by atoms with Gasteiger partial charge in [-0.1, -0.05) is 48.3 Å². The third-order valence-corrected chi connectivity index (χ3v) is 12.6. The zero-order chi connectivity index (χ0) is 40.5. The molecule has 1 aliphatic heterocycles. The Balaban J connectivity index is 1.27. The zero-order valence-corrected chi connectivity index (χ0v) is 32.4. The molecule has 1 fully saturated rings. The number of benzene rings is 3. The Morgan fingerprint density at radius 3 is 2.57 bits per heavy atom. The molecule has 58 heavy (non-hydrogen) atoms. The highest BCUT2D eigenvalue weighted by Crippen LogP contribution is 2.58. The molecule has 3 aromatic carbocycles. The van der Waals surface area contributed by atoms with Crippen molar-refractivity contribution in [3.63, 3.8) is 0 Å². The maximum atomic E-state index is 14.6. The average Bonchev–Trinajstić information content (AvgIpc) is 3.52. The smallest absolute Gasteiger partial charge is 0.318 e. The van der Waals surface area contributed by atoms with Gasteiger partial charge in [-0.15, -0.1) is 0 Å². The number of aromatic amines is 1. The number of carbonyl (C=O) groups is 2. The summed E-state index contributed by atoms with van der Waals surface area (Å²) in [5.41, 5.74) is 7.03. The number of allylic oxidation sites excluding steroid dienone is 3. The van der Waals surface area contributed by atoms with Gasteiger partial charge in [0.2, 0.25) is 0 Å². The minimum atomic E-state index is -1.30. The summed E-state index contributed by atoms with van der Waals surface area (Å²) in [4.78, 5) is 31.7. The topological polar surface area (TPSA) is 179 Å². The van der Waals surface area contributed by atoms with Crippen LogP contribution in [-0.2, 0) is 27.2 Å². The van der Waals surface area contributed by atoms with Gasteiger partial charge in [0.25, 0.3) is 0 Å². The van der Waals surface area contributed by atoms with Crippen LogP contribution in [0.15, 0.2) is 72.3 Å². The number of ketones is 1. The molecule has 11 heteroatoms. The molecule has 4 bridgehead atoms. The van der Waals surface area contributed by atoms with E-state index in [1.807, 2.05) is 30.3 Å². The van der Waals surface area contributed by atoms with E-state index in [1.165, 1.54) is 13.2 Å². The quantitative estimate of drug-likeness (QED) is 0.0887. The molecule has 8 rings (SSSR count). The van der Waals surface area contributed by atoms with Crippen LogP contribution in [0.4, 0.5) is 0 Å². The van der Waals surface area contributed by atoms with E-state index in [0.29, 0.717) is 18.4 Å². The number of esters is 1. The fourth-order valence-electron chi connectivity index (χ4n) is 9.93. The molecule has 1 saturated carbocycles. The number of aromatic hydroxyl groups is 2. The van der Waals surface area contributed by atoms with Gasteiger partial charge in [-0.2, -0.15) is 0 Å². The molecule has 2 heterocycles. The van der Waals surface area contributed by atoms with Crippen LogP contribution in [0.5, 0.6) is 23.0 Å². The highest BCUT2D eigenvalue weighted by Gasteiger charge is 2.47. The maximum Gasteiger partial charge on any atom is 0.318 e. The van der Waals surface area contributed by atoms with E-state index in [-0.39, 0.29) is 104 Å². The van der Waals surface area contributed by atoms with Crippen molar-refractivity contribution in [3.8, 4) is 34.8 Å². The number of para-hydroxylation sites is 1. The molecule has 0 radical (unpaired) electrons. The first-order chi connectivity index (χ1) is 28.2. The second kappa shape index (κ2) is 16.7.